The number of carbonyl (C=O) groups is 1. The van der Waals surface area contributed by atoms with E-state index in [1.165, 1.54) is 0 Å². The predicted octanol–water partition coefficient (Wildman–Crippen LogP) is 5.01. The molecule has 3 heterocycles. The number of carbonyl (C=O) groups excluding carboxylic acids is 1. The van der Waals surface area contributed by atoms with Crippen molar-refractivity contribution in [3.63, 3.8) is 0 Å². The van der Waals surface area contributed by atoms with Gasteiger partial charge in [-0.1, -0.05) is 24.6 Å². The molecule has 0 saturated carbocycles. The molecule has 6 nitrogen and oxygen atoms in total. The molecule has 1 unspecified atom stereocenters. The molecule has 1 amide bonds. The minimum absolute atomic E-state index is 0.0390. The Hall–Kier alpha value is -2.68. The summed E-state index contributed by atoms with van der Waals surface area (Å²) in [5.74, 6) is 1.46. The number of piperidine rings is 1. The van der Waals surface area contributed by atoms with Gasteiger partial charge < -0.3 is 19.7 Å². The van der Waals surface area contributed by atoms with Crippen LogP contribution in [0.15, 0.2) is 30.5 Å². The van der Waals surface area contributed by atoms with Gasteiger partial charge in [-0.25, -0.2) is 4.98 Å². The lowest BCUT2D eigenvalue weighted by Gasteiger charge is -2.33. The second-order valence-electron chi connectivity index (χ2n) is 8.16. The third-order valence-electron chi connectivity index (χ3n) is 6.01. The molecule has 0 radical (unpaired) electrons. The van der Waals surface area contributed by atoms with E-state index in [-0.39, 0.29) is 22.9 Å². The van der Waals surface area contributed by atoms with Crippen LogP contribution in [-0.4, -0.2) is 37.2 Å². The number of hydrogen-bond donors (Lipinski definition) is 1. The van der Waals surface area contributed by atoms with Crippen LogP contribution in [0.25, 0.3) is 0 Å². The Morgan fingerprint density at radius 1 is 1.21 bits per heavy atom. The van der Waals surface area contributed by atoms with Crippen LogP contribution in [0.2, 0.25) is 5.02 Å². The fraction of sp³-hybridized carbons (Fsp3) is 0.478. The van der Waals surface area contributed by atoms with Crippen molar-refractivity contribution in [3.05, 3.63) is 46.6 Å². The number of nitrogens with zero attached hydrogens (tertiary/aromatic N) is 2. The standard InChI is InChI=1S/C23H25ClF3N3O3/c1-2-18(15-3-4-19-20(11-15)33-10-9-32-19)29-22(31)14-5-7-30(8-6-14)21-17(24)12-16(13-28-21)23(25,26)27/h3-4,11-14,18H,2,5-10H2,1H3,(H,29,31). The summed E-state index contributed by atoms with van der Waals surface area (Å²) in [5.41, 5.74) is 0.0727. The summed E-state index contributed by atoms with van der Waals surface area (Å²) in [4.78, 5) is 18.7. The van der Waals surface area contributed by atoms with Gasteiger partial charge in [0.25, 0.3) is 0 Å². The molecular weight excluding hydrogens is 459 g/mol. The van der Waals surface area contributed by atoms with Gasteiger partial charge in [0.15, 0.2) is 11.5 Å². The van der Waals surface area contributed by atoms with E-state index in [0.717, 1.165) is 24.2 Å². The molecule has 178 valence electrons. The van der Waals surface area contributed by atoms with E-state index < -0.39 is 11.7 Å². The van der Waals surface area contributed by atoms with Gasteiger partial charge in [-0.15, -0.1) is 0 Å². The van der Waals surface area contributed by atoms with Gasteiger partial charge in [-0.05, 0) is 43.0 Å². The summed E-state index contributed by atoms with van der Waals surface area (Å²) >= 11 is 6.07. The van der Waals surface area contributed by atoms with Crippen molar-refractivity contribution in [1.29, 1.82) is 0 Å². The molecule has 33 heavy (non-hydrogen) atoms. The Balaban J connectivity index is 1.36. The van der Waals surface area contributed by atoms with Crippen molar-refractivity contribution in [3.8, 4) is 11.5 Å². The second-order valence-corrected chi connectivity index (χ2v) is 8.57. The van der Waals surface area contributed by atoms with Gasteiger partial charge in [0.05, 0.1) is 16.6 Å². The third kappa shape index (κ3) is 5.29. The van der Waals surface area contributed by atoms with Gasteiger partial charge in [-0.2, -0.15) is 13.2 Å². The van der Waals surface area contributed by atoms with Crippen molar-refractivity contribution < 1.29 is 27.4 Å². The lowest BCUT2D eigenvalue weighted by Crippen LogP contribution is -2.42. The number of pyridine rings is 1. The predicted molar refractivity (Wildman–Crippen MR) is 118 cm³/mol. The quantitative estimate of drug-likeness (QED) is 0.647. The van der Waals surface area contributed by atoms with Gasteiger partial charge in [0, 0.05) is 25.2 Å². The number of alkyl halides is 3. The molecule has 0 spiro atoms. The zero-order valence-corrected chi connectivity index (χ0v) is 18.9. The molecule has 1 saturated heterocycles. The van der Waals surface area contributed by atoms with Gasteiger partial charge >= 0.3 is 6.18 Å². The highest BCUT2D eigenvalue weighted by atomic mass is 35.5. The van der Waals surface area contributed by atoms with Crippen molar-refractivity contribution in [1.82, 2.24) is 10.3 Å². The lowest BCUT2D eigenvalue weighted by atomic mass is 9.94. The van der Waals surface area contributed by atoms with Crippen LogP contribution in [0, 0.1) is 5.92 Å². The minimum atomic E-state index is -4.49. The highest BCUT2D eigenvalue weighted by Crippen LogP contribution is 2.36. The number of aromatic nitrogens is 1. The van der Waals surface area contributed by atoms with Crippen LogP contribution in [-0.2, 0) is 11.0 Å². The summed E-state index contributed by atoms with van der Waals surface area (Å²) in [7, 11) is 0. The lowest BCUT2D eigenvalue weighted by molar-refractivity contribution is -0.137. The molecule has 2 aliphatic heterocycles. The maximum absolute atomic E-state index is 12.9. The van der Waals surface area contributed by atoms with E-state index in [2.05, 4.69) is 10.3 Å². The molecule has 1 N–H and O–H groups in total. The Morgan fingerprint density at radius 2 is 1.91 bits per heavy atom. The van der Waals surface area contributed by atoms with Gasteiger partial charge in [0.2, 0.25) is 5.91 Å². The van der Waals surface area contributed by atoms with Crippen LogP contribution in [0.1, 0.15) is 43.4 Å². The topological polar surface area (TPSA) is 63.7 Å². The molecule has 1 aromatic heterocycles. The van der Waals surface area contributed by atoms with Crippen LogP contribution in [0.3, 0.4) is 0 Å². The Kier molecular flexibility index (Phi) is 6.88. The van der Waals surface area contributed by atoms with Crippen molar-refractivity contribution in [2.24, 2.45) is 5.92 Å². The SMILES string of the molecule is CCC(NC(=O)C1CCN(c2ncc(C(F)(F)F)cc2Cl)CC1)c1ccc2c(c1)OCCO2. The number of amides is 1. The van der Waals surface area contributed by atoms with Crippen molar-refractivity contribution >= 4 is 23.3 Å². The first-order chi connectivity index (χ1) is 15.8. The normalized spacial score (nSPS) is 17.5. The summed E-state index contributed by atoms with van der Waals surface area (Å²) < 4.78 is 49.8. The van der Waals surface area contributed by atoms with Crippen molar-refractivity contribution in [2.75, 3.05) is 31.2 Å². The number of fused-ring (bicyclic) bond motifs is 1. The van der Waals surface area contributed by atoms with Crippen LogP contribution in [0.4, 0.5) is 19.0 Å². The molecular formula is C23H25ClF3N3O3. The summed E-state index contributed by atoms with van der Waals surface area (Å²) in [5, 5.41) is 3.08. The number of ether oxygens (including phenoxy) is 2. The number of halogens is 4. The minimum Gasteiger partial charge on any atom is -0.486 e. The molecule has 10 heteroatoms. The second kappa shape index (κ2) is 9.67. The number of hydrogen-bond acceptors (Lipinski definition) is 5. The van der Waals surface area contributed by atoms with Crippen LogP contribution in [0.5, 0.6) is 11.5 Å². The fourth-order valence-corrected chi connectivity index (χ4v) is 4.45. The zero-order valence-electron chi connectivity index (χ0n) is 18.1. The van der Waals surface area contributed by atoms with E-state index in [1.54, 1.807) is 0 Å². The monoisotopic (exact) mass is 483 g/mol. The molecule has 0 bridgehead atoms. The van der Waals surface area contributed by atoms with E-state index in [9.17, 15) is 18.0 Å². The van der Waals surface area contributed by atoms with E-state index in [4.69, 9.17) is 21.1 Å². The maximum Gasteiger partial charge on any atom is 0.417 e. The summed E-state index contributed by atoms with van der Waals surface area (Å²) in [6, 6.07) is 6.43. The molecule has 0 aliphatic carbocycles. The van der Waals surface area contributed by atoms with E-state index >= 15 is 0 Å². The first-order valence-corrected chi connectivity index (χ1v) is 11.3. The molecule has 4 rings (SSSR count). The fourth-order valence-electron chi connectivity index (χ4n) is 4.16. The van der Waals surface area contributed by atoms with Gasteiger partial charge in [0.1, 0.15) is 19.0 Å². The third-order valence-corrected chi connectivity index (χ3v) is 6.29. The molecule has 1 fully saturated rings. The molecule has 2 aliphatic rings. The van der Waals surface area contributed by atoms with E-state index in [1.807, 2.05) is 30.0 Å². The summed E-state index contributed by atoms with van der Waals surface area (Å²) in [6.07, 6.45) is -1.87. The van der Waals surface area contributed by atoms with E-state index in [0.29, 0.717) is 56.5 Å². The zero-order chi connectivity index (χ0) is 23.6. The largest absolute Gasteiger partial charge is 0.486 e. The maximum atomic E-state index is 12.9. The average molecular weight is 484 g/mol. The Labute approximate surface area is 195 Å². The Morgan fingerprint density at radius 3 is 2.55 bits per heavy atom. The molecule has 1 atom stereocenters. The number of benzene rings is 1. The number of rotatable bonds is 5. The summed E-state index contributed by atoms with van der Waals surface area (Å²) in [6.45, 7) is 3.98. The average Bonchev–Trinajstić information content (AvgIpc) is 2.81. The first-order valence-electron chi connectivity index (χ1n) is 10.9. The first kappa shape index (κ1) is 23.5. The Bertz CT molecular complexity index is 1010. The number of anilines is 1. The van der Waals surface area contributed by atoms with Crippen LogP contribution >= 0.6 is 11.6 Å². The highest BCUT2D eigenvalue weighted by Gasteiger charge is 2.33. The number of nitrogens with one attached hydrogen (secondary N) is 1. The highest BCUT2D eigenvalue weighted by molar-refractivity contribution is 6.33. The molecule has 1 aromatic carbocycles. The van der Waals surface area contributed by atoms with Crippen molar-refractivity contribution in [2.45, 2.75) is 38.4 Å². The smallest absolute Gasteiger partial charge is 0.417 e. The van der Waals surface area contributed by atoms with Crippen LogP contribution < -0.4 is 19.7 Å². The van der Waals surface area contributed by atoms with Gasteiger partial charge in [-0.3, -0.25) is 4.79 Å². The molecule has 2 aromatic rings.